The van der Waals surface area contributed by atoms with Gasteiger partial charge in [0.25, 0.3) is 0 Å². The molecule has 5 rings (SSSR count). The number of amides is 1. The van der Waals surface area contributed by atoms with Crippen LogP contribution in [0.1, 0.15) is 37.4 Å². The Morgan fingerprint density at radius 2 is 1.90 bits per heavy atom. The fraction of sp³-hybridized carbons (Fsp3) is 0.357. The molecule has 1 atom stereocenters. The second-order valence-corrected chi connectivity index (χ2v) is 9.67. The van der Waals surface area contributed by atoms with Crippen LogP contribution in [0.4, 0.5) is 14.6 Å². The molecule has 1 N–H and O–H groups in total. The molecule has 2 aliphatic heterocycles. The van der Waals surface area contributed by atoms with E-state index in [0.29, 0.717) is 43.0 Å². The van der Waals surface area contributed by atoms with Crippen molar-refractivity contribution in [2.45, 2.75) is 38.6 Å². The molecule has 1 fully saturated rings. The number of nitrogens with zero attached hydrogens (tertiary/aromatic N) is 5. The summed E-state index contributed by atoms with van der Waals surface area (Å²) in [5.41, 5.74) is 3.84. The van der Waals surface area contributed by atoms with Gasteiger partial charge in [0, 0.05) is 55.1 Å². The monoisotopic (exact) mass is 536 g/mol. The Labute approximate surface area is 225 Å². The van der Waals surface area contributed by atoms with Crippen molar-refractivity contribution >= 4 is 17.8 Å². The third kappa shape index (κ3) is 5.21. The number of hydrogen-bond donors (Lipinski definition) is 1. The number of fused-ring (bicyclic) bond motifs is 1. The van der Waals surface area contributed by atoms with Crippen LogP contribution in [0.25, 0.3) is 17.3 Å². The van der Waals surface area contributed by atoms with Crippen LogP contribution >= 0.6 is 0 Å². The van der Waals surface area contributed by atoms with Gasteiger partial charge in [0.05, 0.1) is 32.3 Å². The minimum Gasteiger partial charge on any atom is -0.494 e. The van der Waals surface area contributed by atoms with Crippen LogP contribution in [0.15, 0.2) is 42.0 Å². The maximum absolute atomic E-state index is 15.0. The van der Waals surface area contributed by atoms with E-state index in [0.717, 1.165) is 16.8 Å². The lowest BCUT2D eigenvalue weighted by molar-refractivity contribution is -0.119. The van der Waals surface area contributed by atoms with Crippen molar-refractivity contribution < 1.29 is 23.0 Å². The highest BCUT2D eigenvalue weighted by molar-refractivity contribution is 5.79. The van der Waals surface area contributed by atoms with Crippen LogP contribution in [0.2, 0.25) is 0 Å². The molecular weight excluding hydrogens is 506 g/mol. The molecular formula is C28H30F2N6O3. The predicted molar refractivity (Wildman–Crippen MR) is 142 cm³/mol. The molecule has 0 spiro atoms. The number of allylic oxidation sites excluding steroid dienone is 2. The number of hydrogen-bond acceptors (Lipinski definition) is 7. The van der Waals surface area contributed by atoms with Crippen LogP contribution < -0.4 is 19.7 Å². The molecule has 0 radical (unpaired) electrons. The van der Waals surface area contributed by atoms with Crippen LogP contribution in [-0.4, -0.2) is 52.5 Å². The molecule has 0 bridgehead atoms. The number of benzene rings is 1. The van der Waals surface area contributed by atoms with Crippen molar-refractivity contribution in [1.29, 1.82) is 0 Å². The van der Waals surface area contributed by atoms with E-state index >= 15 is 8.78 Å². The molecule has 1 saturated heterocycles. The fourth-order valence-electron chi connectivity index (χ4n) is 4.95. The maximum Gasteiger partial charge on any atom is 0.220 e. The maximum atomic E-state index is 15.0. The van der Waals surface area contributed by atoms with Crippen LogP contribution in [0.3, 0.4) is 0 Å². The molecule has 2 aliphatic rings. The zero-order valence-electron chi connectivity index (χ0n) is 22.3. The first-order chi connectivity index (χ1) is 18.8. The minimum absolute atomic E-state index is 0.0168. The lowest BCUT2D eigenvalue weighted by Crippen LogP contribution is -2.40. The Hall–Kier alpha value is -4.28. The summed E-state index contributed by atoms with van der Waals surface area (Å²) in [4.78, 5) is 23.5. The summed E-state index contributed by atoms with van der Waals surface area (Å²) < 4.78 is 41.9. The van der Waals surface area contributed by atoms with E-state index in [1.165, 1.54) is 20.3 Å². The molecule has 2 aromatic heterocycles. The molecule has 204 valence electrons. The number of rotatable bonds is 8. The number of halogens is 2. The number of carbonyl (C=O) groups is 1. The number of anilines is 1. The first-order valence-corrected chi connectivity index (χ1v) is 12.7. The van der Waals surface area contributed by atoms with Crippen LogP contribution in [0, 0.1) is 11.6 Å². The Morgan fingerprint density at radius 3 is 2.51 bits per heavy atom. The van der Waals surface area contributed by atoms with Crippen molar-refractivity contribution in [3.63, 3.8) is 0 Å². The number of ether oxygens (including phenoxy) is 2. The van der Waals surface area contributed by atoms with Gasteiger partial charge in [-0.1, -0.05) is 0 Å². The molecule has 9 nitrogen and oxygen atoms in total. The van der Waals surface area contributed by atoms with Gasteiger partial charge in [-0.25, -0.2) is 13.8 Å². The standard InChI is InChI=1S/C28H30F2N6O3/c1-16(5-7-19-26(29)23(38-3)11-24(39-4)27(19)30)22-9-8-20-28(36(22)15-18-6-10-25(37)33-18)34-21(13-31-20)17-12-32-35(2)14-17/h8-9,11-14,18H,5-7,10,15H2,1-4H3,(H,33,37). The summed E-state index contributed by atoms with van der Waals surface area (Å²) >= 11 is 0. The lowest BCUT2D eigenvalue weighted by Gasteiger charge is -2.32. The van der Waals surface area contributed by atoms with Crippen molar-refractivity contribution in [3.8, 4) is 22.8 Å². The van der Waals surface area contributed by atoms with Gasteiger partial charge in [0.1, 0.15) is 5.69 Å². The van der Waals surface area contributed by atoms with E-state index in [-0.39, 0.29) is 35.4 Å². The summed E-state index contributed by atoms with van der Waals surface area (Å²) in [5.74, 6) is -0.960. The van der Waals surface area contributed by atoms with Crippen LogP contribution in [-0.2, 0) is 18.3 Å². The summed E-state index contributed by atoms with van der Waals surface area (Å²) in [6, 6.07) is 1.14. The van der Waals surface area contributed by atoms with Crippen molar-refractivity contribution in [2.75, 3.05) is 25.7 Å². The Bertz CT molecular complexity index is 1450. The molecule has 11 heteroatoms. The predicted octanol–water partition coefficient (Wildman–Crippen LogP) is 4.19. The Kier molecular flexibility index (Phi) is 7.32. The van der Waals surface area contributed by atoms with Crippen molar-refractivity contribution in [2.24, 2.45) is 7.05 Å². The molecule has 1 amide bonds. The second kappa shape index (κ2) is 10.8. The topological polar surface area (TPSA) is 94.4 Å². The largest absolute Gasteiger partial charge is 0.494 e. The van der Waals surface area contributed by atoms with Gasteiger partial charge >= 0.3 is 0 Å². The summed E-state index contributed by atoms with van der Waals surface area (Å²) in [6.07, 6.45) is 10.7. The highest BCUT2D eigenvalue weighted by Gasteiger charge is 2.29. The number of carbonyl (C=O) groups excluding carboxylic acids is 1. The average molecular weight is 537 g/mol. The molecule has 39 heavy (non-hydrogen) atoms. The highest BCUT2D eigenvalue weighted by atomic mass is 19.1. The van der Waals surface area contributed by atoms with Gasteiger partial charge in [0.15, 0.2) is 29.0 Å². The normalized spacial score (nSPS) is 17.7. The van der Waals surface area contributed by atoms with Crippen molar-refractivity contribution in [1.82, 2.24) is 25.1 Å². The first kappa shape index (κ1) is 26.3. The summed E-state index contributed by atoms with van der Waals surface area (Å²) in [7, 11) is 4.50. The van der Waals surface area contributed by atoms with E-state index in [2.05, 4.69) is 15.4 Å². The molecule has 3 aromatic rings. The zero-order chi connectivity index (χ0) is 27.7. The molecule has 1 unspecified atom stereocenters. The van der Waals surface area contributed by atoms with Gasteiger partial charge in [-0.05, 0) is 43.9 Å². The van der Waals surface area contributed by atoms with Gasteiger partial charge in [-0.2, -0.15) is 5.10 Å². The number of aryl methyl sites for hydroxylation is 1. The van der Waals surface area contributed by atoms with E-state index in [1.807, 2.05) is 37.2 Å². The highest BCUT2D eigenvalue weighted by Crippen LogP contribution is 2.35. The minimum atomic E-state index is -0.740. The average Bonchev–Trinajstić information content (AvgIpc) is 3.56. The quantitative estimate of drug-likeness (QED) is 0.461. The smallest absolute Gasteiger partial charge is 0.220 e. The van der Waals surface area contributed by atoms with E-state index in [9.17, 15) is 4.79 Å². The fourth-order valence-corrected chi connectivity index (χ4v) is 4.95. The van der Waals surface area contributed by atoms with Gasteiger partial charge in [0.2, 0.25) is 5.91 Å². The number of nitrogens with one attached hydrogen (secondary N) is 1. The number of aromatic nitrogens is 4. The zero-order valence-corrected chi connectivity index (χ0v) is 22.3. The first-order valence-electron chi connectivity index (χ1n) is 12.7. The van der Waals surface area contributed by atoms with Gasteiger partial charge < -0.3 is 19.7 Å². The summed E-state index contributed by atoms with van der Waals surface area (Å²) in [5, 5.41) is 7.26. The molecule has 1 aromatic carbocycles. The van der Waals surface area contributed by atoms with Crippen LogP contribution in [0.5, 0.6) is 11.5 Å². The molecule has 4 heterocycles. The third-order valence-corrected chi connectivity index (χ3v) is 7.07. The van der Waals surface area contributed by atoms with Gasteiger partial charge in [-0.3, -0.25) is 14.5 Å². The summed E-state index contributed by atoms with van der Waals surface area (Å²) in [6.45, 7) is 2.41. The molecule has 0 saturated carbocycles. The van der Waals surface area contributed by atoms with E-state index in [4.69, 9.17) is 14.5 Å². The van der Waals surface area contributed by atoms with Crippen molar-refractivity contribution in [3.05, 3.63) is 64.9 Å². The van der Waals surface area contributed by atoms with Gasteiger partial charge in [-0.15, -0.1) is 0 Å². The second-order valence-electron chi connectivity index (χ2n) is 9.67. The lowest BCUT2D eigenvalue weighted by atomic mass is 10.00. The Morgan fingerprint density at radius 1 is 1.15 bits per heavy atom. The SMILES string of the molecule is COc1cc(OC)c(F)c(CCC(C)=C2C=Cc3ncc(-c4cnn(C)c4)nc3N2CC2CCC(=O)N2)c1F. The number of methoxy groups -OCH3 is 2. The third-order valence-electron chi connectivity index (χ3n) is 7.07. The molecule has 0 aliphatic carbocycles. The van der Waals surface area contributed by atoms with E-state index in [1.54, 1.807) is 17.1 Å². The Balaban J connectivity index is 1.50. The van der Waals surface area contributed by atoms with E-state index < -0.39 is 11.6 Å².